The molecule has 0 unspecified atom stereocenters. The molecule has 1 fully saturated rings. The molecular weight excluding hydrogens is 358 g/mol. The lowest BCUT2D eigenvalue weighted by atomic mass is 9.83. The molecule has 3 aromatic heterocycles. The van der Waals surface area contributed by atoms with Gasteiger partial charge < -0.3 is 0 Å². The molecule has 5 nitrogen and oxygen atoms in total. The van der Waals surface area contributed by atoms with E-state index in [9.17, 15) is 0 Å². The Balaban J connectivity index is 1.47. The first-order valence-electron chi connectivity index (χ1n) is 10.4. The van der Waals surface area contributed by atoms with E-state index < -0.39 is 0 Å². The number of aromatic nitrogens is 3. The zero-order chi connectivity index (χ0) is 19.9. The van der Waals surface area contributed by atoms with Gasteiger partial charge in [-0.15, -0.1) is 0 Å². The molecule has 1 saturated heterocycles. The lowest BCUT2D eigenvalue weighted by molar-refractivity contribution is 0.0356. The molecule has 0 spiro atoms. The van der Waals surface area contributed by atoms with E-state index >= 15 is 0 Å². The Hall–Kier alpha value is -2.63. The van der Waals surface area contributed by atoms with Gasteiger partial charge in [0.2, 0.25) is 0 Å². The van der Waals surface area contributed by atoms with Crippen molar-refractivity contribution in [3.63, 3.8) is 0 Å². The summed E-state index contributed by atoms with van der Waals surface area (Å²) in [5.74, 6) is 0. The van der Waals surface area contributed by atoms with Gasteiger partial charge in [0.15, 0.2) is 0 Å². The van der Waals surface area contributed by atoms with Crippen molar-refractivity contribution < 1.29 is 0 Å². The van der Waals surface area contributed by atoms with Crippen LogP contribution in [0.15, 0.2) is 73.2 Å². The largest absolute Gasteiger partial charge is 0.289 e. The highest BCUT2D eigenvalue weighted by Gasteiger charge is 2.37. The van der Waals surface area contributed by atoms with E-state index in [4.69, 9.17) is 4.98 Å². The first-order chi connectivity index (χ1) is 14.2. The van der Waals surface area contributed by atoms with E-state index in [1.165, 1.54) is 5.69 Å². The van der Waals surface area contributed by atoms with E-state index in [2.05, 4.69) is 63.1 Å². The van der Waals surface area contributed by atoms with Crippen LogP contribution in [0.5, 0.6) is 0 Å². The molecule has 4 rings (SSSR count). The maximum atomic E-state index is 4.70. The third-order valence-electron chi connectivity index (χ3n) is 5.65. The van der Waals surface area contributed by atoms with Crippen molar-refractivity contribution >= 4 is 0 Å². The van der Waals surface area contributed by atoms with E-state index in [0.29, 0.717) is 0 Å². The zero-order valence-corrected chi connectivity index (χ0v) is 17.1. The summed E-state index contributed by atoms with van der Waals surface area (Å²) in [5.41, 5.74) is 3.48. The van der Waals surface area contributed by atoms with E-state index in [-0.39, 0.29) is 5.41 Å². The Morgan fingerprint density at radius 1 is 0.724 bits per heavy atom. The molecule has 5 heteroatoms. The predicted octanol–water partition coefficient (Wildman–Crippen LogP) is 3.19. The third kappa shape index (κ3) is 5.25. The second kappa shape index (κ2) is 9.25. The normalized spacial score (nSPS) is 17.3. The van der Waals surface area contributed by atoms with Gasteiger partial charge in [-0.3, -0.25) is 24.8 Å². The summed E-state index contributed by atoms with van der Waals surface area (Å²) in [6, 6.07) is 18.6. The second-order valence-corrected chi connectivity index (χ2v) is 8.16. The second-order valence-electron chi connectivity index (χ2n) is 8.16. The van der Waals surface area contributed by atoms with Crippen molar-refractivity contribution in [3.8, 4) is 0 Å². The highest BCUT2D eigenvalue weighted by molar-refractivity contribution is 5.19. The summed E-state index contributed by atoms with van der Waals surface area (Å²) in [5, 5.41) is 0. The monoisotopic (exact) mass is 387 g/mol. The molecule has 150 valence electrons. The van der Waals surface area contributed by atoms with Gasteiger partial charge in [-0.05, 0) is 36.4 Å². The molecule has 0 radical (unpaired) electrons. The van der Waals surface area contributed by atoms with E-state index in [1.54, 1.807) is 0 Å². The number of rotatable bonds is 7. The van der Waals surface area contributed by atoms with Crippen LogP contribution in [-0.2, 0) is 18.3 Å². The minimum atomic E-state index is 0.00768. The van der Waals surface area contributed by atoms with Gasteiger partial charge in [0.25, 0.3) is 0 Å². The molecule has 1 aliphatic heterocycles. The van der Waals surface area contributed by atoms with Crippen LogP contribution in [0.1, 0.15) is 24.0 Å². The maximum Gasteiger partial charge on any atom is 0.0507 e. The summed E-state index contributed by atoms with van der Waals surface area (Å²) >= 11 is 0. The van der Waals surface area contributed by atoms with Gasteiger partial charge >= 0.3 is 0 Å². The SMILES string of the molecule is CC1(c2ccccn2)CN(CCc2ccccn2)CN(CCc2ccccn2)C1. The van der Waals surface area contributed by atoms with Crippen molar-refractivity contribution in [2.24, 2.45) is 0 Å². The summed E-state index contributed by atoms with van der Waals surface area (Å²) in [4.78, 5) is 18.8. The van der Waals surface area contributed by atoms with Crippen molar-refractivity contribution in [2.75, 3.05) is 32.8 Å². The van der Waals surface area contributed by atoms with Gasteiger partial charge in [-0.25, -0.2) is 0 Å². The molecule has 0 N–H and O–H groups in total. The third-order valence-corrected chi connectivity index (χ3v) is 5.65. The Morgan fingerprint density at radius 3 is 1.69 bits per heavy atom. The number of hydrogen-bond donors (Lipinski definition) is 0. The highest BCUT2D eigenvalue weighted by Crippen LogP contribution is 2.28. The molecule has 0 bridgehead atoms. The smallest absolute Gasteiger partial charge is 0.0507 e. The van der Waals surface area contributed by atoms with Crippen LogP contribution in [0.2, 0.25) is 0 Å². The molecule has 0 saturated carbocycles. The van der Waals surface area contributed by atoms with Crippen LogP contribution in [0.25, 0.3) is 0 Å². The van der Waals surface area contributed by atoms with Gasteiger partial charge in [0, 0.05) is 80.1 Å². The quantitative estimate of drug-likeness (QED) is 0.623. The maximum absolute atomic E-state index is 4.70. The van der Waals surface area contributed by atoms with Crippen molar-refractivity contribution in [2.45, 2.75) is 25.2 Å². The van der Waals surface area contributed by atoms with E-state index in [0.717, 1.165) is 57.1 Å². The summed E-state index contributed by atoms with van der Waals surface area (Å²) in [6.07, 6.45) is 7.59. The fourth-order valence-electron chi connectivity index (χ4n) is 4.24. The lowest BCUT2D eigenvalue weighted by Gasteiger charge is -2.46. The standard InChI is InChI=1S/C24H29N5/c1-24(23-10-4-7-15-27-23)18-28(16-11-21-8-2-5-13-25-21)20-29(19-24)17-12-22-9-3-6-14-26-22/h2-10,13-15H,11-12,16-20H2,1H3. The first kappa shape index (κ1) is 19.7. The van der Waals surface area contributed by atoms with Crippen LogP contribution in [-0.4, -0.2) is 57.6 Å². The molecule has 3 aromatic rings. The van der Waals surface area contributed by atoms with Crippen LogP contribution in [0.3, 0.4) is 0 Å². The summed E-state index contributed by atoms with van der Waals surface area (Å²) in [7, 11) is 0. The average Bonchev–Trinajstić information content (AvgIpc) is 2.78. The average molecular weight is 388 g/mol. The topological polar surface area (TPSA) is 45.2 Å². The minimum Gasteiger partial charge on any atom is -0.289 e. The number of nitrogens with zero attached hydrogens (tertiary/aromatic N) is 5. The van der Waals surface area contributed by atoms with Crippen molar-refractivity contribution in [3.05, 3.63) is 90.3 Å². The van der Waals surface area contributed by atoms with Crippen LogP contribution < -0.4 is 0 Å². The predicted molar refractivity (Wildman–Crippen MR) is 115 cm³/mol. The Labute approximate surface area is 173 Å². The summed E-state index contributed by atoms with van der Waals surface area (Å²) in [6.45, 7) is 7.34. The number of pyridine rings is 3. The van der Waals surface area contributed by atoms with Crippen molar-refractivity contribution in [1.82, 2.24) is 24.8 Å². The molecule has 4 heterocycles. The molecule has 0 aromatic carbocycles. The fourth-order valence-corrected chi connectivity index (χ4v) is 4.24. The molecule has 29 heavy (non-hydrogen) atoms. The van der Waals surface area contributed by atoms with Gasteiger partial charge in [-0.1, -0.05) is 25.1 Å². The molecule has 0 aliphatic carbocycles. The Morgan fingerprint density at radius 2 is 1.24 bits per heavy atom. The first-order valence-corrected chi connectivity index (χ1v) is 10.4. The van der Waals surface area contributed by atoms with Gasteiger partial charge in [0.1, 0.15) is 0 Å². The minimum absolute atomic E-state index is 0.00768. The lowest BCUT2D eigenvalue weighted by Crippen LogP contribution is -2.57. The van der Waals surface area contributed by atoms with Crippen LogP contribution in [0, 0.1) is 0 Å². The van der Waals surface area contributed by atoms with Crippen LogP contribution in [0.4, 0.5) is 0 Å². The van der Waals surface area contributed by atoms with Gasteiger partial charge in [-0.2, -0.15) is 0 Å². The Bertz CT molecular complexity index is 818. The summed E-state index contributed by atoms with van der Waals surface area (Å²) < 4.78 is 0. The van der Waals surface area contributed by atoms with Crippen LogP contribution >= 0.6 is 0 Å². The Kier molecular flexibility index (Phi) is 6.27. The number of hydrogen-bond acceptors (Lipinski definition) is 5. The molecule has 1 aliphatic rings. The molecular formula is C24H29N5. The fraction of sp³-hybridized carbons (Fsp3) is 0.375. The highest BCUT2D eigenvalue weighted by atomic mass is 15.3. The molecule has 0 atom stereocenters. The van der Waals surface area contributed by atoms with E-state index in [1.807, 2.05) is 36.8 Å². The van der Waals surface area contributed by atoms with Crippen molar-refractivity contribution in [1.29, 1.82) is 0 Å². The zero-order valence-electron chi connectivity index (χ0n) is 17.1. The van der Waals surface area contributed by atoms with Gasteiger partial charge in [0.05, 0.1) is 6.67 Å². The molecule has 0 amide bonds.